The zero-order valence-electron chi connectivity index (χ0n) is 17.6. The summed E-state index contributed by atoms with van der Waals surface area (Å²) in [6, 6.07) is 8.43. The lowest BCUT2D eigenvalue weighted by atomic mass is 9.95. The molecule has 1 N–H and O–H groups in total. The lowest BCUT2D eigenvalue weighted by Crippen LogP contribution is -2.48. The molecule has 0 saturated carbocycles. The summed E-state index contributed by atoms with van der Waals surface area (Å²) in [5.74, 6) is -4.10. The molecule has 6 nitrogen and oxygen atoms in total. The summed E-state index contributed by atoms with van der Waals surface area (Å²) in [6.07, 6.45) is 1.15. The molecule has 1 heterocycles. The Bertz CT molecular complexity index is 977. The molecule has 0 radical (unpaired) electrons. The topological polar surface area (TPSA) is 69.7 Å². The second kappa shape index (κ2) is 10.3. The molecule has 1 atom stereocenters. The number of nitrogens with one attached hydrogen (secondary N) is 1. The van der Waals surface area contributed by atoms with E-state index in [1.807, 2.05) is 0 Å². The van der Waals surface area contributed by atoms with Gasteiger partial charge in [-0.1, -0.05) is 6.07 Å². The van der Waals surface area contributed by atoms with Crippen LogP contribution < -0.4 is 5.32 Å². The number of anilines is 1. The van der Waals surface area contributed by atoms with E-state index in [9.17, 15) is 27.6 Å². The van der Waals surface area contributed by atoms with Gasteiger partial charge in [-0.25, -0.2) is 13.2 Å². The van der Waals surface area contributed by atoms with Crippen molar-refractivity contribution in [2.75, 3.05) is 31.5 Å². The molecule has 170 valence electrons. The molecule has 0 spiro atoms. The van der Waals surface area contributed by atoms with Crippen molar-refractivity contribution < 1.29 is 27.6 Å². The molecule has 1 aliphatic heterocycles. The van der Waals surface area contributed by atoms with Crippen molar-refractivity contribution in [2.45, 2.75) is 19.8 Å². The van der Waals surface area contributed by atoms with E-state index in [0.29, 0.717) is 24.9 Å². The van der Waals surface area contributed by atoms with Crippen LogP contribution in [-0.2, 0) is 9.59 Å². The van der Waals surface area contributed by atoms with Gasteiger partial charge in [-0.05, 0) is 56.2 Å². The van der Waals surface area contributed by atoms with E-state index in [2.05, 4.69) is 5.32 Å². The van der Waals surface area contributed by atoms with Gasteiger partial charge in [0.05, 0.1) is 12.5 Å². The third kappa shape index (κ3) is 5.46. The molecule has 9 heteroatoms. The largest absolute Gasteiger partial charge is 0.338 e. The molecule has 0 aromatic heterocycles. The van der Waals surface area contributed by atoms with E-state index in [1.165, 1.54) is 35.2 Å². The van der Waals surface area contributed by atoms with Crippen LogP contribution in [0.3, 0.4) is 0 Å². The molecular weight excluding hydrogens is 423 g/mol. The summed E-state index contributed by atoms with van der Waals surface area (Å²) < 4.78 is 40.7. The molecule has 2 aromatic carbocycles. The Morgan fingerprint density at radius 3 is 2.34 bits per heavy atom. The average Bonchev–Trinajstić information content (AvgIpc) is 2.79. The SMILES string of the molecule is CCN(CC(=O)Nc1c(F)cccc1F)C(=O)C1CCCN(C(=O)c2ccc(F)cc2)C1. The predicted octanol–water partition coefficient (Wildman–Crippen LogP) is 3.44. The first-order valence-electron chi connectivity index (χ1n) is 10.4. The van der Waals surface area contributed by atoms with Gasteiger partial charge in [-0.3, -0.25) is 14.4 Å². The van der Waals surface area contributed by atoms with Gasteiger partial charge < -0.3 is 15.1 Å². The van der Waals surface area contributed by atoms with Crippen molar-refractivity contribution >= 4 is 23.4 Å². The fourth-order valence-electron chi connectivity index (χ4n) is 3.71. The molecule has 0 aliphatic carbocycles. The first-order valence-corrected chi connectivity index (χ1v) is 10.4. The van der Waals surface area contributed by atoms with Gasteiger partial charge in [-0.15, -0.1) is 0 Å². The molecule has 1 fully saturated rings. The van der Waals surface area contributed by atoms with Gasteiger partial charge in [0.1, 0.15) is 23.1 Å². The van der Waals surface area contributed by atoms with Crippen molar-refractivity contribution in [2.24, 2.45) is 5.92 Å². The number of amides is 3. The van der Waals surface area contributed by atoms with Gasteiger partial charge in [0.15, 0.2) is 0 Å². The first kappa shape index (κ1) is 23.3. The Labute approximate surface area is 184 Å². The maximum Gasteiger partial charge on any atom is 0.253 e. The number of rotatable bonds is 6. The van der Waals surface area contributed by atoms with Gasteiger partial charge >= 0.3 is 0 Å². The highest BCUT2D eigenvalue weighted by molar-refractivity contribution is 5.96. The highest BCUT2D eigenvalue weighted by Crippen LogP contribution is 2.22. The minimum atomic E-state index is -0.907. The van der Waals surface area contributed by atoms with Gasteiger partial charge in [-0.2, -0.15) is 0 Å². The predicted molar refractivity (Wildman–Crippen MR) is 112 cm³/mol. The second-order valence-corrected chi connectivity index (χ2v) is 7.59. The normalized spacial score (nSPS) is 15.9. The molecule has 1 unspecified atom stereocenters. The zero-order valence-corrected chi connectivity index (χ0v) is 17.6. The van der Waals surface area contributed by atoms with Crippen LogP contribution in [0, 0.1) is 23.4 Å². The summed E-state index contributed by atoms with van der Waals surface area (Å²) in [6.45, 7) is 2.19. The van der Waals surface area contributed by atoms with Crippen LogP contribution in [0.5, 0.6) is 0 Å². The Balaban J connectivity index is 1.63. The molecule has 2 aromatic rings. The molecule has 3 rings (SSSR count). The van der Waals surface area contributed by atoms with E-state index in [1.54, 1.807) is 11.8 Å². The van der Waals surface area contributed by atoms with Gasteiger partial charge in [0, 0.05) is 25.2 Å². The number of para-hydroxylation sites is 1. The molecule has 3 amide bonds. The van der Waals surface area contributed by atoms with Crippen LogP contribution in [0.2, 0.25) is 0 Å². The minimum absolute atomic E-state index is 0.176. The summed E-state index contributed by atoms with van der Waals surface area (Å²) >= 11 is 0. The van der Waals surface area contributed by atoms with Crippen molar-refractivity contribution in [3.63, 3.8) is 0 Å². The van der Waals surface area contributed by atoms with Crippen molar-refractivity contribution in [3.05, 3.63) is 65.5 Å². The fourth-order valence-corrected chi connectivity index (χ4v) is 3.71. The number of nitrogens with zero attached hydrogens (tertiary/aromatic N) is 2. The first-order chi connectivity index (χ1) is 15.3. The highest BCUT2D eigenvalue weighted by Gasteiger charge is 2.32. The second-order valence-electron chi connectivity index (χ2n) is 7.59. The molecule has 1 saturated heterocycles. The standard InChI is InChI=1S/C23H24F3N3O3/c1-2-28(14-20(30)27-21-18(25)6-3-7-19(21)26)23(32)16-5-4-12-29(13-16)22(31)15-8-10-17(24)11-9-15/h3,6-11,16H,2,4-5,12-14H2,1H3,(H,27,30). The number of halogens is 3. The Morgan fingerprint density at radius 2 is 1.72 bits per heavy atom. The smallest absolute Gasteiger partial charge is 0.253 e. The number of piperidine rings is 1. The summed E-state index contributed by atoms with van der Waals surface area (Å²) in [5, 5.41) is 2.18. The molecule has 32 heavy (non-hydrogen) atoms. The van der Waals surface area contributed by atoms with E-state index >= 15 is 0 Å². The Morgan fingerprint density at radius 1 is 1.06 bits per heavy atom. The van der Waals surface area contributed by atoms with Crippen LogP contribution in [0.4, 0.5) is 18.9 Å². The van der Waals surface area contributed by atoms with Crippen molar-refractivity contribution in [1.82, 2.24) is 9.80 Å². The number of hydrogen-bond donors (Lipinski definition) is 1. The van der Waals surface area contributed by atoms with Gasteiger partial charge in [0.2, 0.25) is 11.8 Å². The minimum Gasteiger partial charge on any atom is -0.338 e. The fraction of sp³-hybridized carbons (Fsp3) is 0.348. The van der Waals surface area contributed by atoms with Crippen molar-refractivity contribution in [1.29, 1.82) is 0 Å². The van der Waals surface area contributed by atoms with Crippen LogP contribution >= 0.6 is 0 Å². The average molecular weight is 447 g/mol. The summed E-state index contributed by atoms with van der Waals surface area (Å²) in [4.78, 5) is 40.9. The van der Waals surface area contributed by atoms with E-state index in [-0.39, 0.29) is 31.4 Å². The molecule has 0 bridgehead atoms. The number of carbonyl (C=O) groups excluding carboxylic acids is 3. The lowest BCUT2D eigenvalue weighted by molar-refractivity contribution is -0.139. The number of benzene rings is 2. The van der Waals surface area contributed by atoms with Crippen LogP contribution in [0.15, 0.2) is 42.5 Å². The third-order valence-corrected chi connectivity index (χ3v) is 5.40. The molecular formula is C23H24F3N3O3. The lowest BCUT2D eigenvalue weighted by Gasteiger charge is -2.34. The number of hydrogen-bond acceptors (Lipinski definition) is 3. The number of likely N-dealkylation sites (N-methyl/N-ethyl adjacent to an activating group) is 1. The Hall–Kier alpha value is -3.36. The molecule has 1 aliphatic rings. The zero-order chi connectivity index (χ0) is 23.3. The maximum absolute atomic E-state index is 13.8. The third-order valence-electron chi connectivity index (χ3n) is 5.40. The summed E-state index contributed by atoms with van der Waals surface area (Å²) in [7, 11) is 0. The quantitative estimate of drug-likeness (QED) is 0.738. The maximum atomic E-state index is 13.8. The highest BCUT2D eigenvalue weighted by atomic mass is 19.1. The van der Waals surface area contributed by atoms with E-state index in [0.717, 1.165) is 12.1 Å². The van der Waals surface area contributed by atoms with E-state index < -0.39 is 35.0 Å². The van der Waals surface area contributed by atoms with E-state index in [4.69, 9.17) is 0 Å². The van der Waals surface area contributed by atoms with Crippen LogP contribution in [-0.4, -0.2) is 53.7 Å². The Kier molecular flexibility index (Phi) is 7.50. The monoisotopic (exact) mass is 447 g/mol. The van der Waals surface area contributed by atoms with Crippen LogP contribution in [0.1, 0.15) is 30.1 Å². The number of carbonyl (C=O) groups is 3. The number of likely N-dealkylation sites (tertiary alicyclic amines) is 1. The summed E-state index contributed by atoms with van der Waals surface area (Å²) in [5.41, 5.74) is -0.229. The van der Waals surface area contributed by atoms with Gasteiger partial charge in [0.25, 0.3) is 5.91 Å². The van der Waals surface area contributed by atoms with Crippen LogP contribution in [0.25, 0.3) is 0 Å². The van der Waals surface area contributed by atoms with Crippen molar-refractivity contribution in [3.8, 4) is 0 Å².